The normalized spacial score (nSPS) is 12.9. The molecule has 0 atom stereocenters. The highest BCUT2D eigenvalue weighted by atomic mass is 32.2. The standard InChI is InChI=1S/C20H18FN3O2S2/c1-2-10-24-19(26)17-14-4-3-5-15(14)28-18(17)23-20(24)27-11-16(25)22-13-8-6-12(21)7-9-13/h2,6-9H,1,3-5,10-11H2,(H,22,25). The van der Waals surface area contributed by atoms with Gasteiger partial charge in [-0.05, 0) is 49.1 Å². The number of aromatic nitrogens is 2. The van der Waals surface area contributed by atoms with E-state index in [4.69, 9.17) is 0 Å². The van der Waals surface area contributed by atoms with Gasteiger partial charge in [-0.1, -0.05) is 17.8 Å². The predicted molar refractivity (Wildman–Crippen MR) is 112 cm³/mol. The van der Waals surface area contributed by atoms with E-state index in [1.54, 1.807) is 22.0 Å². The van der Waals surface area contributed by atoms with Gasteiger partial charge in [0.15, 0.2) is 5.16 Å². The number of thiophene rings is 1. The monoisotopic (exact) mass is 415 g/mol. The molecular formula is C20H18FN3O2S2. The second kappa shape index (κ2) is 7.89. The maximum atomic E-state index is 13.1. The molecule has 0 saturated carbocycles. The molecule has 1 N–H and O–H groups in total. The topological polar surface area (TPSA) is 64.0 Å². The van der Waals surface area contributed by atoms with Crippen molar-refractivity contribution in [3.63, 3.8) is 0 Å². The highest BCUT2D eigenvalue weighted by Crippen LogP contribution is 2.35. The van der Waals surface area contributed by atoms with Crippen molar-refractivity contribution in [1.29, 1.82) is 0 Å². The summed E-state index contributed by atoms with van der Waals surface area (Å²) in [4.78, 5) is 32.0. The average Bonchev–Trinajstić information content (AvgIpc) is 3.25. The Hall–Kier alpha value is -2.45. The molecule has 0 radical (unpaired) electrons. The summed E-state index contributed by atoms with van der Waals surface area (Å²) in [5, 5.41) is 3.94. The highest BCUT2D eigenvalue weighted by molar-refractivity contribution is 7.99. The van der Waals surface area contributed by atoms with E-state index in [1.807, 2.05) is 0 Å². The number of hydrogen-bond donors (Lipinski definition) is 1. The molecule has 1 aromatic carbocycles. The van der Waals surface area contributed by atoms with E-state index in [0.717, 1.165) is 35.0 Å². The van der Waals surface area contributed by atoms with Gasteiger partial charge in [-0.15, -0.1) is 17.9 Å². The zero-order valence-electron chi connectivity index (χ0n) is 15.0. The Kier molecular flexibility index (Phi) is 5.32. The number of amides is 1. The number of anilines is 1. The molecule has 1 aliphatic carbocycles. The van der Waals surface area contributed by atoms with Crippen molar-refractivity contribution in [2.75, 3.05) is 11.1 Å². The van der Waals surface area contributed by atoms with Gasteiger partial charge < -0.3 is 5.32 Å². The third-order valence-corrected chi connectivity index (χ3v) is 6.72. The number of halogens is 1. The molecule has 1 amide bonds. The minimum absolute atomic E-state index is 0.0641. The number of rotatable bonds is 6. The van der Waals surface area contributed by atoms with Crippen LogP contribution in [0.2, 0.25) is 0 Å². The number of thioether (sulfide) groups is 1. The van der Waals surface area contributed by atoms with Gasteiger partial charge >= 0.3 is 0 Å². The molecule has 0 unspecified atom stereocenters. The lowest BCUT2D eigenvalue weighted by atomic mass is 10.2. The van der Waals surface area contributed by atoms with Gasteiger partial charge in [0, 0.05) is 17.1 Å². The summed E-state index contributed by atoms with van der Waals surface area (Å²) in [7, 11) is 0. The van der Waals surface area contributed by atoms with E-state index in [-0.39, 0.29) is 23.0 Å². The number of fused-ring (bicyclic) bond motifs is 3. The lowest BCUT2D eigenvalue weighted by Crippen LogP contribution is -2.24. The zero-order chi connectivity index (χ0) is 19.7. The van der Waals surface area contributed by atoms with Crippen LogP contribution in [-0.4, -0.2) is 21.2 Å². The van der Waals surface area contributed by atoms with Crippen molar-refractivity contribution in [1.82, 2.24) is 9.55 Å². The maximum absolute atomic E-state index is 13.1. The molecule has 2 heterocycles. The number of nitrogens with one attached hydrogen (secondary N) is 1. The van der Waals surface area contributed by atoms with Gasteiger partial charge in [0.25, 0.3) is 5.56 Å². The first-order valence-electron chi connectivity index (χ1n) is 8.91. The molecule has 2 aromatic heterocycles. The lowest BCUT2D eigenvalue weighted by Gasteiger charge is -2.10. The summed E-state index contributed by atoms with van der Waals surface area (Å²) < 4.78 is 14.6. The Morgan fingerprint density at radius 2 is 2.14 bits per heavy atom. The fourth-order valence-corrected chi connectivity index (χ4v) is 5.43. The van der Waals surface area contributed by atoms with E-state index in [0.29, 0.717) is 17.4 Å². The quantitative estimate of drug-likeness (QED) is 0.375. The summed E-state index contributed by atoms with van der Waals surface area (Å²) in [6, 6.07) is 5.58. The number of nitrogens with zero attached hydrogens (tertiary/aromatic N) is 2. The number of allylic oxidation sites excluding steroid dienone is 1. The van der Waals surface area contributed by atoms with Gasteiger partial charge in [-0.3, -0.25) is 14.2 Å². The molecule has 1 aliphatic rings. The Labute approximate surface area is 169 Å². The van der Waals surface area contributed by atoms with Crippen molar-refractivity contribution in [2.24, 2.45) is 0 Å². The summed E-state index contributed by atoms with van der Waals surface area (Å²) in [5.74, 6) is -0.511. The second-order valence-corrected chi connectivity index (χ2v) is 8.51. The summed E-state index contributed by atoms with van der Waals surface area (Å²) >= 11 is 2.79. The molecular weight excluding hydrogens is 397 g/mol. The van der Waals surface area contributed by atoms with Crippen LogP contribution in [0.5, 0.6) is 0 Å². The maximum Gasteiger partial charge on any atom is 0.263 e. The number of carbonyl (C=O) groups excluding carboxylic acids is 1. The Bertz CT molecular complexity index is 1120. The predicted octanol–water partition coefficient (Wildman–Crippen LogP) is 4.00. The van der Waals surface area contributed by atoms with Crippen LogP contribution >= 0.6 is 23.1 Å². The lowest BCUT2D eigenvalue weighted by molar-refractivity contribution is -0.113. The number of aryl methyl sites for hydroxylation is 2. The second-order valence-electron chi connectivity index (χ2n) is 6.48. The van der Waals surface area contributed by atoms with Gasteiger partial charge in [-0.25, -0.2) is 9.37 Å². The molecule has 5 nitrogen and oxygen atoms in total. The van der Waals surface area contributed by atoms with Crippen molar-refractivity contribution >= 4 is 44.9 Å². The molecule has 0 saturated heterocycles. The van der Waals surface area contributed by atoms with Crippen LogP contribution in [0.1, 0.15) is 16.9 Å². The fourth-order valence-electron chi connectivity index (χ4n) is 3.32. The van der Waals surface area contributed by atoms with Crippen LogP contribution in [0.4, 0.5) is 10.1 Å². The minimum Gasteiger partial charge on any atom is -0.325 e. The molecule has 8 heteroatoms. The number of carbonyl (C=O) groups is 1. The van der Waals surface area contributed by atoms with Crippen LogP contribution in [-0.2, 0) is 24.2 Å². The van der Waals surface area contributed by atoms with E-state index in [9.17, 15) is 14.0 Å². The van der Waals surface area contributed by atoms with E-state index >= 15 is 0 Å². The first kappa shape index (κ1) is 18.9. The first-order valence-corrected chi connectivity index (χ1v) is 10.7. The highest BCUT2D eigenvalue weighted by Gasteiger charge is 2.23. The Morgan fingerprint density at radius 1 is 1.36 bits per heavy atom. The van der Waals surface area contributed by atoms with Gasteiger partial charge in [0.05, 0.1) is 11.1 Å². The SMILES string of the molecule is C=CCn1c(SCC(=O)Nc2ccc(F)cc2)nc2sc3c(c2c1=O)CCC3. The van der Waals surface area contributed by atoms with Crippen LogP contribution in [0.25, 0.3) is 10.2 Å². The Balaban J connectivity index is 1.58. The third kappa shape index (κ3) is 3.62. The molecule has 0 fully saturated rings. The van der Waals surface area contributed by atoms with E-state index < -0.39 is 0 Å². The Morgan fingerprint density at radius 3 is 2.89 bits per heavy atom. The van der Waals surface area contributed by atoms with Gasteiger partial charge in [0.2, 0.25) is 5.91 Å². The number of hydrogen-bond acceptors (Lipinski definition) is 5. The largest absolute Gasteiger partial charge is 0.325 e. The van der Waals surface area contributed by atoms with Crippen molar-refractivity contribution in [3.8, 4) is 0 Å². The summed E-state index contributed by atoms with van der Waals surface area (Å²) in [6.07, 6.45) is 4.66. The van der Waals surface area contributed by atoms with Crippen molar-refractivity contribution in [2.45, 2.75) is 31.0 Å². The van der Waals surface area contributed by atoms with Crippen LogP contribution in [0, 0.1) is 5.82 Å². The summed E-state index contributed by atoms with van der Waals surface area (Å²) in [5.41, 5.74) is 1.60. The van der Waals surface area contributed by atoms with Crippen LogP contribution in [0.3, 0.4) is 0 Å². The van der Waals surface area contributed by atoms with E-state index in [1.165, 1.54) is 40.9 Å². The molecule has 0 spiro atoms. The third-order valence-electron chi connectivity index (χ3n) is 4.56. The molecule has 3 aromatic rings. The minimum atomic E-state index is -0.360. The smallest absolute Gasteiger partial charge is 0.263 e. The van der Waals surface area contributed by atoms with E-state index in [2.05, 4.69) is 16.9 Å². The molecule has 144 valence electrons. The van der Waals surface area contributed by atoms with Crippen LogP contribution in [0.15, 0.2) is 46.9 Å². The molecule has 28 heavy (non-hydrogen) atoms. The van der Waals surface area contributed by atoms with Gasteiger partial charge in [0.1, 0.15) is 10.6 Å². The van der Waals surface area contributed by atoms with Gasteiger partial charge in [-0.2, -0.15) is 0 Å². The van der Waals surface area contributed by atoms with Crippen molar-refractivity contribution in [3.05, 3.63) is 63.5 Å². The van der Waals surface area contributed by atoms with Crippen molar-refractivity contribution < 1.29 is 9.18 Å². The number of benzene rings is 1. The fraction of sp³-hybridized carbons (Fsp3) is 0.250. The zero-order valence-corrected chi connectivity index (χ0v) is 16.7. The molecule has 0 aliphatic heterocycles. The molecule has 4 rings (SSSR count). The first-order chi connectivity index (χ1) is 13.6. The average molecular weight is 416 g/mol. The molecule has 0 bridgehead atoms. The van der Waals surface area contributed by atoms with Crippen LogP contribution < -0.4 is 10.9 Å². The summed E-state index contributed by atoms with van der Waals surface area (Å²) in [6.45, 7) is 4.07.